The van der Waals surface area contributed by atoms with Gasteiger partial charge in [-0.1, -0.05) is 0 Å². The fourth-order valence-electron chi connectivity index (χ4n) is 1.32. The van der Waals surface area contributed by atoms with Crippen LogP contribution in [0.1, 0.15) is 24.4 Å². The summed E-state index contributed by atoms with van der Waals surface area (Å²) in [7, 11) is 0. The van der Waals surface area contributed by atoms with Crippen molar-refractivity contribution in [2.24, 2.45) is 0 Å². The van der Waals surface area contributed by atoms with Gasteiger partial charge in [0.1, 0.15) is 5.01 Å². The van der Waals surface area contributed by atoms with E-state index in [9.17, 15) is 0 Å². The minimum absolute atomic E-state index is 0.0918. The Morgan fingerprint density at radius 3 is 3.00 bits per heavy atom. The molecule has 3 nitrogen and oxygen atoms in total. The Bertz CT molecular complexity index is 392. The molecule has 1 N–H and O–H groups in total. The molecular weight excluding hydrogens is 208 g/mol. The van der Waals surface area contributed by atoms with Crippen LogP contribution in [0.5, 0.6) is 0 Å². The molecule has 0 amide bonds. The van der Waals surface area contributed by atoms with Crippen LogP contribution < -0.4 is 5.32 Å². The number of furan rings is 1. The predicted molar refractivity (Wildman–Crippen MR) is 60.7 cm³/mol. The van der Waals surface area contributed by atoms with Gasteiger partial charge in [0.15, 0.2) is 0 Å². The highest BCUT2D eigenvalue weighted by Gasteiger charge is 2.22. The lowest BCUT2D eigenvalue weighted by atomic mass is 10.1. The first kappa shape index (κ1) is 10.4. The van der Waals surface area contributed by atoms with Crippen LogP contribution in [0.15, 0.2) is 34.6 Å². The summed E-state index contributed by atoms with van der Waals surface area (Å²) in [5.74, 6) is 0. The number of aromatic nitrogens is 1. The van der Waals surface area contributed by atoms with Gasteiger partial charge in [0.25, 0.3) is 0 Å². The molecule has 0 aromatic carbocycles. The van der Waals surface area contributed by atoms with Gasteiger partial charge in [-0.15, -0.1) is 11.3 Å². The van der Waals surface area contributed by atoms with E-state index in [0.29, 0.717) is 0 Å². The Labute approximate surface area is 93.2 Å². The summed E-state index contributed by atoms with van der Waals surface area (Å²) >= 11 is 1.67. The molecule has 0 saturated carbocycles. The monoisotopic (exact) mass is 222 g/mol. The molecule has 0 aliphatic heterocycles. The van der Waals surface area contributed by atoms with Crippen LogP contribution in [0.25, 0.3) is 0 Å². The largest absolute Gasteiger partial charge is 0.472 e. The highest BCUT2D eigenvalue weighted by atomic mass is 32.1. The number of rotatable bonds is 4. The molecule has 2 aromatic rings. The number of nitrogens with one attached hydrogen (secondary N) is 1. The van der Waals surface area contributed by atoms with Crippen molar-refractivity contribution < 1.29 is 4.42 Å². The van der Waals surface area contributed by atoms with Gasteiger partial charge >= 0.3 is 0 Å². The molecule has 15 heavy (non-hydrogen) atoms. The highest BCUT2D eigenvalue weighted by Crippen LogP contribution is 2.22. The van der Waals surface area contributed by atoms with E-state index in [1.807, 2.05) is 17.6 Å². The average Bonchev–Trinajstić information content (AvgIpc) is 2.88. The van der Waals surface area contributed by atoms with E-state index in [1.165, 1.54) is 0 Å². The summed E-state index contributed by atoms with van der Waals surface area (Å²) in [6, 6.07) is 1.96. The van der Waals surface area contributed by atoms with Crippen molar-refractivity contribution >= 4 is 11.3 Å². The third-order valence-corrected chi connectivity index (χ3v) is 3.38. The maximum absolute atomic E-state index is 5.02. The Balaban J connectivity index is 1.99. The van der Waals surface area contributed by atoms with Crippen molar-refractivity contribution in [3.05, 3.63) is 40.7 Å². The summed E-state index contributed by atoms with van der Waals surface area (Å²) in [5, 5.41) is 6.55. The van der Waals surface area contributed by atoms with Gasteiger partial charge in [-0.2, -0.15) is 0 Å². The number of hydrogen-bond acceptors (Lipinski definition) is 4. The molecule has 2 heterocycles. The molecule has 2 rings (SSSR count). The zero-order chi connectivity index (χ0) is 10.7. The summed E-state index contributed by atoms with van der Waals surface area (Å²) in [6.07, 6.45) is 5.28. The lowest BCUT2D eigenvalue weighted by Crippen LogP contribution is -2.35. The quantitative estimate of drug-likeness (QED) is 0.864. The van der Waals surface area contributed by atoms with Crippen LogP contribution in [0.2, 0.25) is 0 Å². The zero-order valence-corrected chi connectivity index (χ0v) is 9.67. The fraction of sp³-hybridized carbons (Fsp3) is 0.364. The third kappa shape index (κ3) is 2.46. The molecular formula is C11H14N2OS. The first-order valence-corrected chi connectivity index (χ1v) is 5.72. The second kappa shape index (κ2) is 4.16. The Hall–Kier alpha value is -1.13. The number of thiazole rings is 1. The van der Waals surface area contributed by atoms with Crippen LogP contribution in [-0.2, 0) is 12.1 Å². The lowest BCUT2D eigenvalue weighted by Gasteiger charge is -2.23. The highest BCUT2D eigenvalue weighted by molar-refractivity contribution is 7.09. The van der Waals surface area contributed by atoms with Gasteiger partial charge in [-0.25, -0.2) is 4.98 Å². The van der Waals surface area contributed by atoms with E-state index in [0.717, 1.165) is 17.1 Å². The first-order chi connectivity index (χ1) is 7.18. The van der Waals surface area contributed by atoms with Crippen molar-refractivity contribution in [3.8, 4) is 0 Å². The molecule has 80 valence electrons. The van der Waals surface area contributed by atoms with Crippen LogP contribution in [0.3, 0.4) is 0 Å². The smallest absolute Gasteiger partial charge is 0.112 e. The van der Waals surface area contributed by atoms with E-state index >= 15 is 0 Å². The predicted octanol–water partition coefficient (Wildman–Crippen LogP) is 2.76. The standard InChI is InChI=1S/C11H14N2OS/c1-11(2,10-12-4-6-15-10)13-7-9-3-5-14-8-9/h3-6,8,13H,7H2,1-2H3. The second-order valence-corrected chi connectivity index (χ2v) is 4.84. The van der Waals surface area contributed by atoms with Crippen molar-refractivity contribution in [3.63, 3.8) is 0 Å². The maximum atomic E-state index is 5.02. The van der Waals surface area contributed by atoms with Gasteiger partial charge in [0, 0.05) is 23.7 Å². The van der Waals surface area contributed by atoms with Crippen LogP contribution in [0, 0.1) is 0 Å². The molecule has 0 spiro atoms. The molecule has 0 aliphatic carbocycles. The Morgan fingerprint density at radius 2 is 2.40 bits per heavy atom. The number of hydrogen-bond donors (Lipinski definition) is 1. The van der Waals surface area contributed by atoms with E-state index in [-0.39, 0.29) is 5.54 Å². The summed E-state index contributed by atoms with van der Waals surface area (Å²) in [6.45, 7) is 5.06. The second-order valence-electron chi connectivity index (χ2n) is 3.95. The van der Waals surface area contributed by atoms with Crippen molar-refractivity contribution in [2.45, 2.75) is 25.9 Å². The van der Waals surface area contributed by atoms with Gasteiger partial charge in [-0.05, 0) is 19.9 Å². The molecule has 0 saturated heterocycles. The van der Waals surface area contributed by atoms with Crippen LogP contribution in [-0.4, -0.2) is 4.98 Å². The van der Waals surface area contributed by atoms with Gasteiger partial charge in [-0.3, -0.25) is 0 Å². The molecule has 0 fully saturated rings. The minimum Gasteiger partial charge on any atom is -0.472 e. The van der Waals surface area contributed by atoms with E-state index in [1.54, 1.807) is 23.9 Å². The van der Waals surface area contributed by atoms with Gasteiger partial charge in [0.2, 0.25) is 0 Å². The molecule has 2 aromatic heterocycles. The van der Waals surface area contributed by atoms with Crippen LogP contribution in [0.4, 0.5) is 0 Å². The molecule has 0 unspecified atom stereocenters. The average molecular weight is 222 g/mol. The van der Waals surface area contributed by atoms with Crippen LogP contribution >= 0.6 is 11.3 Å². The summed E-state index contributed by atoms with van der Waals surface area (Å²) in [4.78, 5) is 4.32. The third-order valence-electron chi connectivity index (χ3n) is 2.28. The topological polar surface area (TPSA) is 38.1 Å². The van der Waals surface area contributed by atoms with Gasteiger partial charge in [0.05, 0.1) is 18.1 Å². The zero-order valence-electron chi connectivity index (χ0n) is 8.86. The van der Waals surface area contributed by atoms with Crippen molar-refractivity contribution in [1.82, 2.24) is 10.3 Å². The van der Waals surface area contributed by atoms with Crippen molar-refractivity contribution in [1.29, 1.82) is 0 Å². The summed E-state index contributed by atoms with van der Waals surface area (Å²) in [5.41, 5.74) is 1.06. The minimum atomic E-state index is -0.0918. The molecule has 0 aliphatic rings. The Morgan fingerprint density at radius 1 is 1.53 bits per heavy atom. The Kier molecular flexibility index (Phi) is 2.88. The van der Waals surface area contributed by atoms with E-state index < -0.39 is 0 Å². The van der Waals surface area contributed by atoms with E-state index in [2.05, 4.69) is 24.1 Å². The van der Waals surface area contributed by atoms with Crippen molar-refractivity contribution in [2.75, 3.05) is 0 Å². The molecule has 0 radical (unpaired) electrons. The first-order valence-electron chi connectivity index (χ1n) is 4.84. The molecule has 4 heteroatoms. The maximum Gasteiger partial charge on any atom is 0.112 e. The normalized spacial score (nSPS) is 11.9. The SMILES string of the molecule is CC(C)(NCc1ccoc1)c1nccs1. The molecule has 0 atom stereocenters. The summed E-state index contributed by atoms with van der Waals surface area (Å²) < 4.78 is 5.02. The number of nitrogens with zero attached hydrogens (tertiary/aromatic N) is 1. The fourth-order valence-corrected chi connectivity index (χ4v) is 2.06. The lowest BCUT2D eigenvalue weighted by molar-refractivity contribution is 0.398. The van der Waals surface area contributed by atoms with Gasteiger partial charge < -0.3 is 9.73 Å². The van der Waals surface area contributed by atoms with E-state index in [4.69, 9.17) is 4.42 Å². The molecule has 0 bridgehead atoms.